The van der Waals surface area contributed by atoms with Gasteiger partial charge >= 0.3 is 0 Å². The second kappa shape index (κ2) is 3.09. The minimum absolute atomic E-state index is 0.205. The van der Waals surface area contributed by atoms with Gasteiger partial charge in [0.1, 0.15) is 5.82 Å². The number of halogens is 1. The molecule has 1 aromatic rings. The summed E-state index contributed by atoms with van der Waals surface area (Å²) in [6, 6.07) is 4.91. The van der Waals surface area contributed by atoms with Gasteiger partial charge in [0.05, 0.1) is 5.69 Å². The lowest BCUT2D eigenvalue weighted by atomic mass is 10.2. The zero-order valence-electron chi connectivity index (χ0n) is 7.20. The molecule has 2 nitrogen and oxygen atoms in total. The summed E-state index contributed by atoms with van der Waals surface area (Å²) in [4.78, 5) is 2.07. The van der Waals surface area contributed by atoms with Gasteiger partial charge in [0.25, 0.3) is 0 Å². The Balaban J connectivity index is 2.26. The van der Waals surface area contributed by atoms with Crippen LogP contribution in [0.3, 0.4) is 0 Å². The van der Waals surface area contributed by atoms with Crippen molar-refractivity contribution in [2.24, 2.45) is 0 Å². The highest BCUT2D eigenvalue weighted by atomic mass is 19.1. The van der Waals surface area contributed by atoms with Crippen LogP contribution >= 0.6 is 0 Å². The molecule has 0 atom stereocenters. The number of nitrogens with zero attached hydrogens (tertiary/aromatic N) is 1. The van der Waals surface area contributed by atoms with Crippen molar-refractivity contribution in [1.82, 2.24) is 0 Å². The molecule has 0 unspecified atom stereocenters. The van der Waals surface area contributed by atoms with E-state index in [-0.39, 0.29) is 11.5 Å². The largest absolute Gasteiger partial charge is 0.396 e. The molecule has 13 heavy (non-hydrogen) atoms. The highest BCUT2D eigenvalue weighted by molar-refractivity contribution is 5.55. The van der Waals surface area contributed by atoms with Gasteiger partial charge in [-0.05, 0) is 18.2 Å². The van der Waals surface area contributed by atoms with Crippen LogP contribution in [0.15, 0.2) is 30.4 Å². The second-order valence-electron chi connectivity index (χ2n) is 3.08. The van der Waals surface area contributed by atoms with E-state index in [0.29, 0.717) is 0 Å². The Morgan fingerprint density at radius 2 is 1.92 bits per heavy atom. The molecule has 3 heteroatoms. The zero-order valence-corrected chi connectivity index (χ0v) is 7.20. The van der Waals surface area contributed by atoms with E-state index < -0.39 is 0 Å². The minimum atomic E-state index is -0.343. The standard InChI is InChI=1S/C10H11FN2/c11-9-7-8(3-4-10(9)12)13-5-1-2-6-13/h1-4,7H,5-6,12H2. The molecule has 1 heterocycles. The summed E-state index contributed by atoms with van der Waals surface area (Å²) in [6.45, 7) is 1.70. The third-order valence-electron chi connectivity index (χ3n) is 2.17. The van der Waals surface area contributed by atoms with Crippen LogP contribution in [0.25, 0.3) is 0 Å². The predicted molar refractivity (Wildman–Crippen MR) is 52.2 cm³/mol. The van der Waals surface area contributed by atoms with Gasteiger partial charge in [-0.3, -0.25) is 0 Å². The van der Waals surface area contributed by atoms with Crippen molar-refractivity contribution in [2.45, 2.75) is 0 Å². The Morgan fingerprint density at radius 1 is 1.23 bits per heavy atom. The first-order valence-electron chi connectivity index (χ1n) is 4.22. The van der Waals surface area contributed by atoms with E-state index in [9.17, 15) is 4.39 Å². The highest BCUT2D eigenvalue weighted by Crippen LogP contribution is 2.21. The lowest BCUT2D eigenvalue weighted by Crippen LogP contribution is -2.18. The molecule has 0 aromatic heterocycles. The number of benzene rings is 1. The van der Waals surface area contributed by atoms with Crippen LogP contribution in [-0.4, -0.2) is 13.1 Å². The smallest absolute Gasteiger partial charge is 0.148 e. The molecule has 1 aliphatic rings. The van der Waals surface area contributed by atoms with Crippen molar-refractivity contribution in [1.29, 1.82) is 0 Å². The maximum atomic E-state index is 13.1. The van der Waals surface area contributed by atoms with E-state index in [0.717, 1.165) is 18.8 Å². The monoisotopic (exact) mass is 178 g/mol. The van der Waals surface area contributed by atoms with Crippen molar-refractivity contribution >= 4 is 11.4 Å². The van der Waals surface area contributed by atoms with Gasteiger partial charge in [0.15, 0.2) is 0 Å². The van der Waals surface area contributed by atoms with Crippen LogP contribution in [-0.2, 0) is 0 Å². The molecule has 0 bridgehead atoms. The Kier molecular flexibility index (Phi) is 1.93. The van der Waals surface area contributed by atoms with E-state index >= 15 is 0 Å². The van der Waals surface area contributed by atoms with Crippen molar-refractivity contribution in [2.75, 3.05) is 23.7 Å². The van der Waals surface area contributed by atoms with Gasteiger partial charge in [-0.25, -0.2) is 4.39 Å². The molecule has 0 aliphatic carbocycles. The van der Waals surface area contributed by atoms with Gasteiger partial charge in [0.2, 0.25) is 0 Å². The van der Waals surface area contributed by atoms with Gasteiger partial charge in [-0.1, -0.05) is 12.2 Å². The average Bonchev–Trinajstić information content (AvgIpc) is 2.62. The maximum absolute atomic E-state index is 13.1. The molecule has 2 N–H and O–H groups in total. The van der Waals surface area contributed by atoms with Crippen LogP contribution < -0.4 is 10.6 Å². The lowest BCUT2D eigenvalue weighted by molar-refractivity contribution is 0.632. The number of anilines is 2. The first kappa shape index (κ1) is 8.10. The van der Waals surface area contributed by atoms with E-state index in [1.807, 2.05) is 6.07 Å². The SMILES string of the molecule is Nc1ccc(N2CC=CC2)cc1F. The van der Waals surface area contributed by atoms with Crippen molar-refractivity contribution in [3.63, 3.8) is 0 Å². The summed E-state index contributed by atoms with van der Waals surface area (Å²) in [7, 11) is 0. The molecular formula is C10H11FN2. The van der Waals surface area contributed by atoms with E-state index in [1.165, 1.54) is 6.07 Å². The maximum Gasteiger partial charge on any atom is 0.148 e. The molecule has 0 amide bonds. The molecule has 0 spiro atoms. The number of hydrogen-bond acceptors (Lipinski definition) is 2. The van der Waals surface area contributed by atoms with Gasteiger partial charge in [-0.15, -0.1) is 0 Å². The van der Waals surface area contributed by atoms with E-state index in [1.54, 1.807) is 6.07 Å². The van der Waals surface area contributed by atoms with Crippen LogP contribution in [0.5, 0.6) is 0 Å². The molecule has 0 radical (unpaired) electrons. The van der Waals surface area contributed by atoms with Crippen LogP contribution in [0.1, 0.15) is 0 Å². The third-order valence-corrected chi connectivity index (χ3v) is 2.17. The van der Waals surface area contributed by atoms with E-state index in [2.05, 4.69) is 17.1 Å². The molecule has 0 saturated heterocycles. The Hall–Kier alpha value is -1.51. The normalized spacial score (nSPS) is 15.3. The first-order valence-corrected chi connectivity index (χ1v) is 4.22. The Labute approximate surface area is 76.5 Å². The fourth-order valence-corrected chi connectivity index (χ4v) is 1.40. The first-order chi connectivity index (χ1) is 6.27. The highest BCUT2D eigenvalue weighted by Gasteiger charge is 2.08. The van der Waals surface area contributed by atoms with Crippen LogP contribution in [0, 0.1) is 5.82 Å². The summed E-state index contributed by atoms with van der Waals surface area (Å²) in [5.41, 5.74) is 6.47. The summed E-state index contributed by atoms with van der Waals surface area (Å²) in [6.07, 6.45) is 4.13. The van der Waals surface area contributed by atoms with Crippen molar-refractivity contribution in [3.8, 4) is 0 Å². The average molecular weight is 178 g/mol. The fourth-order valence-electron chi connectivity index (χ4n) is 1.40. The van der Waals surface area contributed by atoms with Crippen LogP contribution in [0.4, 0.5) is 15.8 Å². The van der Waals surface area contributed by atoms with Gasteiger partial charge < -0.3 is 10.6 Å². The van der Waals surface area contributed by atoms with Crippen molar-refractivity contribution < 1.29 is 4.39 Å². The predicted octanol–water partition coefficient (Wildman–Crippen LogP) is 1.78. The number of nitrogens with two attached hydrogens (primary N) is 1. The van der Waals surface area contributed by atoms with Crippen LogP contribution in [0.2, 0.25) is 0 Å². The topological polar surface area (TPSA) is 29.3 Å². The summed E-state index contributed by atoms with van der Waals surface area (Å²) in [5.74, 6) is -0.343. The molecule has 68 valence electrons. The molecule has 0 fully saturated rings. The fraction of sp³-hybridized carbons (Fsp3) is 0.200. The molecule has 1 aliphatic heterocycles. The minimum Gasteiger partial charge on any atom is -0.396 e. The van der Waals surface area contributed by atoms with Crippen molar-refractivity contribution in [3.05, 3.63) is 36.2 Å². The summed E-state index contributed by atoms with van der Waals surface area (Å²) in [5, 5.41) is 0. The number of rotatable bonds is 1. The van der Waals surface area contributed by atoms with E-state index in [4.69, 9.17) is 5.73 Å². The Bertz CT molecular complexity index is 339. The summed E-state index contributed by atoms with van der Waals surface area (Å²) >= 11 is 0. The second-order valence-corrected chi connectivity index (χ2v) is 3.08. The zero-order chi connectivity index (χ0) is 9.26. The quantitative estimate of drug-likeness (QED) is 0.524. The molecule has 1 aromatic carbocycles. The third kappa shape index (κ3) is 1.49. The molecule has 2 rings (SSSR count). The Morgan fingerprint density at radius 3 is 2.54 bits per heavy atom. The van der Waals surface area contributed by atoms with Gasteiger partial charge in [0, 0.05) is 18.8 Å². The molecule has 0 saturated carbocycles. The number of hydrogen-bond donors (Lipinski definition) is 1. The lowest BCUT2D eigenvalue weighted by Gasteiger charge is -2.17. The van der Waals surface area contributed by atoms with Gasteiger partial charge in [-0.2, -0.15) is 0 Å². The number of nitrogen functional groups attached to an aromatic ring is 1. The summed E-state index contributed by atoms with van der Waals surface area (Å²) < 4.78 is 13.1. The molecular weight excluding hydrogens is 167 g/mol.